The number of benzene rings is 1. The van der Waals surface area contributed by atoms with Crippen molar-refractivity contribution < 1.29 is 4.79 Å². The van der Waals surface area contributed by atoms with Gasteiger partial charge in [-0.2, -0.15) is 0 Å². The van der Waals surface area contributed by atoms with Crippen LogP contribution >= 0.6 is 11.6 Å². The summed E-state index contributed by atoms with van der Waals surface area (Å²) in [7, 11) is 0. The van der Waals surface area contributed by atoms with E-state index in [4.69, 9.17) is 17.3 Å². The van der Waals surface area contributed by atoms with Gasteiger partial charge in [-0.15, -0.1) is 0 Å². The Labute approximate surface area is 88.2 Å². The van der Waals surface area contributed by atoms with Crippen molar-refractivity contribution in [3.8, 4) is 0 Å². The fraction of sp³-hybridized carbons (Fsp3) is 0.300. The first kappa shape index (κ1) is 10.9. The molecule has 0 atom stereocenters. The normalized spacial score (nSPS) is 10.3. The Bertz CT molecular complexity index is 350. The summed E-state index contributed by atoms with van der Waals surface area (Å²) in [5.41, 5.74) is 6.51. The number of carbonyl (C=O) groups excluding carboxylic acids is 1. The molecular formula is C10H13ClN2O. The van der Waals surface area contributed by atoms with Crippen LogP contribution in [0.15, 0.2) is 18.2 Å². The van der Waals surface area contributed by atoms with Crippen LogP contribution in [-0.4, -0.2) is 11.9 Å². The van der Waals surface area contributed by atoms with Crippen LogP contribution in [0.1, 0.15) is 24.2 Å². The Morgan fingerprint density at radius 2 is 2.14 bits per heavy atom. The highest BCUT2D eigenvalue weighted by atomic mass is 35.5. The summed E-state index contributed by atoms with van der Waals surface area (Å²) < 4.78 is 0. The Hall–Kier alpha value is -1.22. The number of rotatable bonds is 2. The van der Waals surface area contributed by atoms with Crippen LogP contribution in [0.3, 0.4) is 0 Å². The van der Waals surface area contributed by atoms with Gasteiger partial charge in [-0.25, -0.2) is 0 Å². The van der Waals surface area contributed by atoms with E-state index in [-0.39, 0.29) is 11.9 Å². The zero-order chi connectivity index (χ0) is 10.7. The maximum Gasteiger partial charge on any atom is 0.253 e. The molecule has 0 unspecified atom stereocenters. The number of nitrogens with two attached hydrogens (primary N) is 1. The zero-order valence-corrected chi connectivity index (χ0v) is 8.93. The monoisotopic (exact) mass is 212 g/mol. The van der Waals surface area contributed by atoms with Crippen molar-refractivity contribution in [2.24, 2.45) is 0 Å². The van der Waals surface area contributed by atoms with E-state index in [1.54, 1.807) is 18.2 Å². The van der Waals surface area contributed by atoms with Gasteiger partial charge in [0.05, 0.1) is 5.56 Å². The molecule has 4 heteroatoms. The lowest BCUT2D eigenvalue weighted by molar-refractivity contribution is 0.0944. The van der Waals surface area contributed by atoms with Crippen LogP contribution in [-0.2, 0) is 0 Å². The summed E-state index contributed by atoms with van der Waals surface area (Å²) in [6, 6.07) is 4.93. The maximum absolute atomic E-state index is 11.6. The van der Waals surface area contributed by atoms with Gasteiger partial charge in [-0.3, -0.25) is 4.79 Å². The summed E-state index contributed by atoms with van der Waals surface area (Å²) in [6.07, 6.45) is 0. The van der Waals surface area contributed by atoms with Crippen molar-refractivity contribution in [1.82, 2.24) is 5.32 Å². The number of hydrogen-bond donors (Lipinski definition) is 2. The molecule has 0 radical (unpaired) electrons. The van der Waals surface area contributed by atoms with E-state index in [0.717, 1.165) is 0 Å². The first-order valence-electron chi connectivity index (χ1n) is 4.36. The number of nitrogen functional groups attached to an aromatic ring is 1. The van der Waals surface area contributed by atoms with E-state index in [1.807, 2.05) is 13.8 Å². The number of nitrogens with one attached hydrogen (secondary N) is 1. The number of carbonyl (C=O) groups is 1. The fourth-order valence-corrected chi connectivity index (χ4v) is 1.26. The van der Waals surface area contributed by atoms with Gasteiger partial charge in [0.2, 0.25) is 0 Å². The molecule has 76 valence electrons. The molecule has 1 aromatic carbocycles. The van der Waals surface area contributed by atoms with Crippen LogP contribution in [0, 0.1) is 0 Å². The molecule has 14 heavy (non-hydrogen) atoms. The molecule has 0 saturated heterocycles. The Morgan fingerprint density at radius 1 is 1.50 bits per heavy atom. The second kappa shape index (κ2) is 4.33. The van der Waals surface area contributed by atoms with Gasteiger partial charge in [0.1, 0.15) is 0 Å². The molecule has 0 aliphatic heterocycles. The third-order valence-corrected chi connectivity index (χ3v) is 1.91. The summed E-state index contributed by atoms with van der Waals surface area (Å²) in [5, 5.41) is 3.29. The SMILES string of the molecule is CC(C)NC(=O)c1ccc(Cl)cc1N. The van der Waals surface area contributed by atoms with Crippen molar-refractivity contribution in [3.05, 3.63) is 28.8 Å². The minimum absolute atomic E-state index is 0.0950. The van der Waals surface area contributed by atoms with Crippen molar-refractivity contribution in [2.45, 2.75) is 19.9 Å². The third-order valence-electron chi connectivity index (χ3n) is 1.68. The van der Waals surface area contributed by atoms with Gasteiger partial charge in [-0.05, 0) is 32.0 Å². The van der Waals surface area contributed by atoms with Crippen LogP contribution in [0.4, 0.5) is 5.69 Å². The Balaban J connectivity index is 2.90. The van der Waals surface area contributed by atoms with Crippen LogP contribution in [0.5, 0.6) is 0 Å². The largest absolute Gasteiger partial charge is 0.398 e. The second-order valence-corrected chi connectivity index (χ2v) is 3.80. The molecule has 1 amide bonds. The number of halogens is 1. The standard InChI is InChI=1S/C10H13ClN2O/c1-6(2)13-10(14)8-4-3-7(11)5-9(8)12/h3-6H,12H2,1-2H3,(H,13,14). The van der Waals surface area contributed by atoms with Gasteiger partial charge in [-0.1, -0.05) is 11.6 Å². The van der Waals surface area contributed by atoms with E-state index < -0.39 is 0 Å². The molecule has 0 spiro atoms. The molecule has 0 aliphatic rings. The summed E-state index contributed by atoms with van der Waals surface area (Å²) in [5.74, 6) is -0.172. The lowest BCUT2D eigenvalue weighted by Crippen LogP contribution is -2.30. The van der Waals surface area contributed by atoms with E-state index in [2.05, 4.69) is 5.32 Å². The van der Waals surface area contributed by atoms with Gasteiger partial charge in [0.25, 0.3) is 5.91 Å². The summed E-state index contributed by atoms with van der Waals surface area (Å²) in [6.45, 7) is 3.79. The number of anilines is 1. The predicted molar refractivity (Wildman–Crippen MR) is 58.5 cm³/mol. The number of hydrogen-bond acceptors (Lipinski definition) is 2. The molecule has 0 aromatic heterocycles. The molecule has 3 nitrogen and oxygen atoms in total. The quantitative estimate of drug-likeness (QED) is 0.738. The highest BCUT2D eigenvalue weighted by Crippen LogP contribution is 2.17. The second-order valence-electron chi connectivity index (χ2n) is 3.36. The van der Waals surface area contributed by atoms with Crippen molar-refractivity contribution >= 4 is 23.2 Å². The van der Waals surface area contributed by atoms with Crippen LogP contribution < -0.4 is 11.1 Å². The first-order valence-corrected chi connectivity index (χ1v) is 4.74. The van der Waals surface area contributed by atoms with Crippen molar-refractivity contribution in [1.29, 1.82) is 0 Å². The summed E-state index contributed by atoms with van der Waals surface area (Å²) >= 11 is 5.72. The third kappa shape index (κ3) is 2.64. The van der Waals surface area contributed by atoms with Gasteiger partial charge in [0, 0.05) is 16.8 Å². The van der Waals surface area contributed by atoms with Crippen molar-refractivity contribution in [3.63, 3.8) is 0 Å². The minimum Gasteiger partial charge on any atom is -0.398 e. The average Bonchev–Trinajstić information content (AvgIpc) is 2.01. The molecule has 0 saturated carbocycles. The highest BCUT2D eigenvalue weighted by molar-refractivity contribution is 6.31. The van der Waals surface area contributed by atoms with Crippen molar-refractivity contribution in [2.75, 3.05) is 5.73 Å². The predicted octanol–water partition coefficient (Wildman–Crippen LogP) is 2.06. The van der Waals surface area contributed by atoms with E-state index in [9.17, 15) is 4.79 Å². The lowest BCUT2D eigenvalue weighted by Gasteiger charge is -2.10. The smallest absolute Gasteiger partial charge is 0.253 e. The molecule has 3 N–H and O–H groups in total. The van der Waals surface area contributed by atoms with E-state index in [0.29, 0.717) is 16.3 Å². The summed E-state index contributed by atoms with van der Waals surface area (Å²) in [4.78, 5) is 11.6. The molecule has 1 aromatic rings. The Kier molecular flexibility index (Phi) is 3.36. The molecule has 1 rings (SSSR count). The van der Waals surface area contributed by atoms with E-state index in [1.165, 1.54) is 0 Å². The highest BCUT2D eigenvalue weighted by Gasteiger charge is 2.10. The molecule has 0 bridgehead atoms. The fourth-order valence-electron chi connectivity index (χ4n) is 1.08. The zero-order valence-electron chi connectivity index (χ0n) is 8.17. The molecular weight excluding hydrogens is 200 g/mol. The van der Waals surface area contributed by atoms with Gasteiger partial charge in [0.15, 0.2) is 0 Å². The van der Waals surface area contributed by atoms with Crippen LogP contribution in [0.2, 0.25) is 5.02 Å². The van der Waals surface area contributed by atoms with E-state index >= 15 is 0 Å². The topological polar surface area (TPSA) is 55.1 Å². The maximum atomic E-state index is 11.6. The van der Waals surface area contributed by atoms with Crippen LogP contribution in [0.25, 0.3) is 0 Å². The average molecular weight is 213 g/mol. The molecule has 0 heterocycles. The first-order chi connectivity index (χ1) is 6.50. The Morgan fingerprint density at radius 3 is 2.64 bits per heavy atom. The molecule has 0 aliphatic carbocycles. The van der Waals surface area contributed by atoms with Gasteiger partial charge >= 0.3 is 0 Å². The minimum atomic E-state index is -0.172. The number of amides is 1. The van der Waals surface area contributed by atoms with Gasteiger partial charge < -0.3 is 11.1 Å². The molecule has 0 fully saturated rings. The lowest BCUT2D eigenvalue weighted by atomic mass is 10.1.